The van der Waals surface area contributed by atoms with Crippen molar-refractivity contribution in [2.24, 2.45) is 0 Å². The molecule has 0 aliphatic heterocycles. The van der Waals surface area contributed by atoms with Crippen molar-refractivity contribution in [3.8, 4) is 22.8 Å². The summed E-state index contributed by atoms with van der Waals surface area (Å²) in [4.78, 5) is 11.9. The molecule has 10 heteroatoms. The Morgan fingerprint density at radius 2 is 1.68 bits per heavy atom. The van der Waals surface area contributed by atoms with E-state index in [0.717, 1.165) is 58.1 Å². The predicted octanol–water partition coefficient (Wildman–Crippen LogP) is 7.30. The van der Waals surface area contributed by atoms with Gasteiger partial charge in [-0.1, -0.05) is 20.8 Å². The number of halogens is 1. The number of hydrogen-bond acceptors (Lipinski definition) is 7. The van der Waals surface area contributed by atoms with E-state index >= 15 is 0 Å². The standard InChI is InChI=1S/C30H40ClN5O3Si/c1-30(2,3)40(6,7)39-14-13-36(24-15-25(37-4)18-26(16-24)38-5)23-9-10-27-28(17-23)34-29(20-32-27)22-19-33-35(21-22)12-8-11-31/h9-10,15-21H,8,11-14H2,1-7H3. The van der Waals surface area contributed by atoms with Crippen LogP contribution in [0.1, 0.15) is 27.2 Å². The zero-order valence-electron chi connectivity index (χ0n) is 24.6. The van der Waals surface area contributed by atoms with Crippen LogP contribution < -0.4 is 14.4 Å². The summed E-state index contributed by atoms with van der Waals surface area (Å²) in [6.45, 7) is 13.3. The first-order valence-electron chi connectivity index (χ1n) is 13.5. The molecule has 0 saturated carbocycles. The molecule has 214 valence electrons. The Morgan fingerprint density at radius 3 is 2.33 bits per heavy atom. The minimum absolute atomic E-state index is 0.129. The van der Waals surface area contributed by atoms with E-state index in [1.807, 2.05) is 41.3 Å². The molecule has 0 saturated heterocycles. The predicted molar refractivity (Wildman–Crippen MR) is 166 cm³/mol. The van der Waals surface area contributed by atoms with E-state index in [9.17, 15) is 0 Å². The van der Waals surface area contributed by atoms with Gasteiger partial charge in [0.05, 0.1) is 49.9 Å². The molecule has 0 unspecified atom stereocenters. The highest BCUT2D eigenvalue weighted by Gasteiger charge is 2.37. The normalized spacial score (nSPS) is 12.1. The van der Waals surface area contributed by atoms with Crippen molar-refractivity contribution in [1.29, 1.82) is 0 Å². The van der Waals surface area contributed by atoms with Crippen LogP contribution in [0.3, 0.4) is 0 Å². The lowest BCUT2D eigenvalue weighted by molar-refractivity contribution is 0.297. The molecule has 2 aromatic heterocycles. The second kappa shape index (κ2) is 12.6. The van der Waals surface area contributed by atoms with Gasteiger partial charge in [0.1, 0.15) is 11.5 Å². The number of aryl methyl sites for hydroxylation is 1. The second-order valence-corrected chi connectivity index (χ2v) is 16.5. The Bertz CT molecular complexity index is 1410. The average Bonchev–Trinajstić information content (AvgIpc) is 3.41. The number of rotatable bonds is 12. The molecule has 4 aromatic rings. The van der Waals surface area contributed by atoms with E-state index in [1.54, 1.807) is 20.4 Å². The van der Waals surface area contributed by atoms with Gasteiger partial charge in [-0.25, -0.2) is 4.98 Å². The molecule has 0 amide bonds. The quantitative estimate of drug-likeness (QED) is 0.128. The van der Waals surface area contributed by atoms with Gasteiger partial charge < -0.3 is 18.8 Å². The van der Waals surface area contributed by atoms with Gasteiger partial charge in [-0.2, -0.15) is 5.10 Å². The summed E-state index contributed by atoms with van der Waals surface area (Å²) in [6, 6.07) is 12.0. The van der Waals surface area contributed by atoms with Crippen molar-refractivity contribution in [3.05, 3.63) is 55.0 Å². The summed E-state index contributed by atoms with van der Waals surface area (Å²) >= 11 is 5.85. The zero-order valence-corrected chi connectivity index (χ0v) is 26.3. The first kappa shape index (κ1) is 29.8. The molecule has 4 rings (SSSR count). The van der Waals surface area contributed by atoms with Crippen molar-refractivity contribution in [2.45, 2.75) is 51.9 Å². The number of benzene rings is 2. The van der Waals surface area contributed by atoms with Crippen LogP contribution >= 0.6 is 11.6 Å². The van der Waals surface area contributed by atoms with Crippen LogP contribution in [-0.2, 0) is 11.0 Å². The molecular formula is C30H40ClN5O3Si. The third kappa shape index (κ3) is 6.94. The zero-order chi connectivity index (χ0) is 28.9. The molecule has 0 spiro atoms. The van der Waals surface area contributed by atoms with Crippen molar-refractivity contribution in [1.82, 2.24) is 19.7 Å². The number of hydrogen-bond donors (Lipinski definition) is 0. The topological polar surface area (TPSA) is 74.5 Å². The van der Waals surface area contributed by atoms with Gasteiger partial charge in [-0.15, -0.1) is 11.6 Å². The maximum atomic E-state index is 6.56. The molecule has 0 N–H and O–H groups in total. The molecule has 8 nitrogen and oxygen atoms in total. The Morgan fingerprint density at radius 1 is 0.950 bits per heavy atom. The maximum Gasteiger partial charge on any atom is 0.192 e. The maximum absolute atomic E-state index is 6.56. The van der Waals surface area contributed by atoms with Gasteiger partial charge in [-0.3, -0.25) is 9.67 Å². The fraction of sp³-hybridized carbons (Fsp3) is 0.433. The number of fused-ring (bicyclic) bond motifs is 1. The first-order valence-corrected chi connectivity index (χ1v) is 17.0. The van der Waals surface area contributed by atoms with Crippen LogP contribution in [-0.4, -0.2) is 61.3 Å². The Kier molecular flexibility index (Phi) is 9.38. The van der Waals surface area contributed by atoms with Crippen LogP contribution in [0.15, 0.2) is 55.0 Å². The summed E-state index contributed by atoms with van der Waals surface area (Å²) in [5.41, 5.74) is 5.24. The van der Waals surface area contributed by atoms with E-state index in [2.05, 4.69) is 61.0 Å². The highest BCUT2D eigenvalue weighted by molar-refractivity contribution is 6.74. The molecule has 2 heterocycles. The van der Waals surface area contributed by atoms with E-state index in [0.29, 0.717) is 19.0 Å². The Hall–Kier alpha value is -3.14. The van der Waals surface area contributed by atoms with Crippen molar-refractivity contribution >= 4 is 42.3 Å². The number of methoxy groups -OCH3 is 2. The van der Waals surface area contributed by atoms with Crippen molar-refractivity contribution in [2.75, 3.05) is 38.2 Å². The lowest BCUT2D eigenvalue weighted by atomic mass is 10.2. The molecular weight excluding hydrogens is 542 g/mol. The van der Waals surface area contributed by atoms with Gasteiger partial charge in [0, 0.05) is 60.3 Å². The lowest BCUT2D eigenvalue weighted by Crippen LogP contribution is -2.42. The van der Waals surface area contributed by atoms with Gasteiger partial charge in [0.15, 0.2) is 8.32 Å². The monoisotopic (exact) mass is 581 g/mol. The van der Waals surface area contributed by atoms with Crippen LogP contribution in [0.4, 0.5) is 11.4 Å². The summed E-state index contributed by atoms with van der Waals surface area (Å²) < 4.78 is 19.6. The molecule has 0 atom stereocenters. The molecule has 0 bridgehead atoms. The molecule has 0 radical (unpaired) electrons. The summed E-state index contributed by atoms with van der Waals surface area (Å²) in [7, 11) is 1.40. The summed E-state index contributed by atoms with van der Waals surface area (Å²) in [5.74, 6) is 2.04. The number of alkyl halides is 1. The van der Waals surface area contributed by atoms with Gasteiger partial charge in [0.25, 0.3) is 0 Å². The van der Waals surface area contributed by atoms with E-state index < -0.39 is 8.32 Å². The van der Waals surface area contributed by atoms with Crippen LogP contribution in [0.25, 0.3) is 22.3 Å². The fourth-order valence-corrected chi connectivity index (χ4v) is 5.26. The highest BCUT2D eigenvalue weighted by atomic mass is 35.5. The third-order valence-electron chi connectivity index (χ3n) is 7.52. The van der Waals surface area contributed by atoms with Crippen LogP contribution in [0, 0.1) is 0 Å². The second-order valence-electron chi connectivity index (χ2n) is 11.3. The largest absolute Gasteiger partial charge is 0.497 e. The van der Waals surface area contributed by atoms with Gasteiger partial charge in [-0.05, 0) is 42.8 Å². The highest BCUT2D eigenvalue weighted by Crippen LogP contribution is 2.37. The van der Waals surface area contributed by atoms with Crippen LogP contribution in [0.2, 0.25) is 18.1 Å². The number of anilines is 2. The molecule has 40 heavy (non-hydrogen) atoms. The minimum Gasteiger partial charge on any atom is -0.497 e. The smallest absolute Gasteiger partial charge is 0.192 e. The third-order valence-corrected chi connectivity index (χ3v) is 12.3. The Balaban J connectivity index is 1.70. The molecule has 2 aromatic carbocycles. The number of ether oxygens (including phenoxy) is 2. The molecule has 0 aliphatic rings. The number of nitrogens with zero attached hydrogens (tertiary/aromatic N) is 5. The van der Waals surface area contributed by atoms with Crippen LogP contribution in [0.5, 0.6) is 11.5 Å². The number of aromatic nitrogens is 4. The van der Waals surface area contributed by atoms with E-state index in [1.165, 1.54) is 0 Å². The van der Waals surface area contributed by atoms with Crippen molar-refractivity contribution < 1.29 is 13.9 Å². The average molecular weight is 582 g/mol. The lowest BCUT2D eigenvalue weighted by Gasteiger charge is -2.37. The summed E-state index contributed by atoms with van der Waals surface area (Å²) in [6.07, 6.45) is 6.46. The minimum atomic E-state index is -1.92. The van der Waals surface area contributed by atoms with E-state index in [-0.39, 0.29) is 5.04 Å². The summed E-state index contributed by atoms with van der Waals surface area (Å²) in [5, 5.41) is 4.58. The van der Waals surface area contributed by atoms with Gasteiger partial charge >= 0.3 is 0 Å². The van der Waals surface area contributed by atoms with E-state index in [4.69, 9.17) is 30.5 Å². The first-order chi connectivity index (χ1) is 19.0. The fourth-order valence-electron chi connectivity index (χ4n) is 4.11. The van der Waals surface area contributed by atoms with Crippen molar-refractivity contribution in [3.63, 3.8) is 0 Å². The van der Waals surface area contributed by atoms with Gasteiger partial charge in [0.2, 0.25) is 0 Å². The molecule has 0 fully saturated rings. The molecule has 0 aliphatic carbocycles. The SMILES string of the molecule is COc1cc(OC)cc(N(CCO[Si](C)(C)C(C)(C)C)c2ccc3ncc(-c4cnn(CCCCl)c4)nc3c2)c1. The Labute approximate surface area is 243 Å².